The topological polar surface area (TPSA) is 170 Å². The summed E-state index contributed by atoms with van der Waals surface area (Å²) in [6.45, 7) is 0. The first-order valence-corrected chi connectivity index (χ1v) is 14.1. The second-order valence-electron chi connectivity index (χ2n) is 8.97. The molecule has 0 saturated heterocycles. The standard InChI is InChI=1S/2C15H12N2O3S.Zn/c2*18-12-9-5-4-8-11(12)15(14(19)20)17-16-13(21-15)10-6-2-1-3-7-10;/h2*1-9,17-18H,(H,19,20);/q;;+2/p-2. The van der Waals surface area contributed by atoms with Crippen molar-refractivity contribution >= 4 is 45.5 Å². The number of benzene rings is 4. The fourth-order valence-electron chi connectivity index (χ4n) is 4.22. The van der Waals surface area contributed by atoms with Crippen LogP contribution in [0, 0.1) is 0 Å². The molecule has 0 radical (unpaired) electrons. The van der Waals surface area contributed by atoms with E-state index in [0.29, 0.717) is 10.1 Å². The molecule has 43 heavy (non-hydrogen) atoms. The summed E-state index contributed by atoms with van der Waals surface area (Å²) in [5.41, 5.74) is 7.23. The quantitative estimate of drug-likeness (QED) is 0.224. The maximum atomic E-state index is 11.7. The number of hydrazone groups is 2. The Morgan fingerprint density at radius 1 is 0.581 bits per heavy atom. The van der Waals surface area contributed by atoms with Gasteiger partial charge in [-0.2, -0.15) is 10.2 Å². The number of carbonyl (C=O) groups is 2. The molecule has 4 aromatic carbocycles. The van der Waals surface area contributed by atoms with Crippen LogP contribution in [0.4, 0.5) is 0 Å². The Morgan fingerprint density at radius 3 is 1.23 bits per heavy atom. The van der Waals surface area contributed by atoms with Crippen LogP contribution in [0.3, 0.4) is 0 Å². The molecule has 0 aromatic heterocycles. The Balaban J connectivity index is 0.000000192. The molecule has 0 spiro atoms. The van der Waals surface area contributed by atoms with Gasteiger partial charge in [-0.15, -0.1) is 0 Å². The zero-order valence-corrected chi connectivity index (χ0v) is 26.9. The second kappa shape index (κ2) is 13.3. The number of nitrogens with zero attached hydrogens (tertiary/aromatic N) is 2. The van der Waals surface area contributed by atoms with E-state index in [4.69, 9.17) is 0 Å². The molecular formula is C30H22N4O6S2Zn. The van der Waals surface area contributed by atoms with E-state index in [9.17, 15) is 30.0 Å². The Hall–Kier alpha value is -4.32. The van der Waals surface area contributed by atoms with Crippen molar-refractivity contribution in [2.75, 3.05) is 0 Å². The van der Waals surface area contributed by atoms with Crippen molar-refractivity contribution in [1.29, 1.82) is 0 Å². The maximum absolute atomic E-state index is 11.7. The average Bonchev–Trinajstić information content (AvgIpc) is 3.67. The molecule has 10 nitrogen and oxygen atoms in total. The number of nitrogens with one attached hydrogen (secondary N) is 2. The molecule has 4 aromatic rings. The molecule has 0 bridgehead atoms. The number of hydrogen-bond donors (Lipinski definition) is 4. The van der Waals surface area contributed by atoms with Gasteiger partial charge >= 0.3 is 19.5 Å². The van der Waals surface area contributed by atoms with Crippen molar-refractivity contribution in [2.24, 2.45) is 10.2 Å². The summed E-state index contributed by atoms with van der Waals surface area (Å²) in [5.74, 6) is -2.95. The van der Waals surface area contributed by atoms with Gasteiger partial charge in [-0.1, -0.05) is 121 Å². The number of rotatable bonds is 6. The minimum absolute atomic E-state index is 0. The van der Waals surface area contributed by atoms with Gasteiger partial charge in [0.05, 0.1) is 11.9 Å². The van der Waals surface area contributed by atoms with E-state index < -0.39 is 21.7 Å². The first-order valence-electron chi connectivity index (χ1n) is 12.5. The summed E-state index contributed by atoms with van der Waals surface area (Å²) in [4.78, 5) is 20.1. The third-order valence-corrected chi connectivity index (χ3v) is 8.92. The van der Waals surface area contributed by atoms with Gasteiger partial charge in [0, 0.05) is 22.3 Å². The summed E-state index contributed by atoms with van der Waals surface area (Å²) < 4.78 is 0. The Bertz CT molecular complexity index is 1570. The van der Waals surface area contributed by atoms with Crippen LogP contribution in [0.25, 0.3) is 0 Å². The number of carboxylic acid groups (broad SMARTS) is 2. The van der Waals surface area contributed by atoms with E-state index >= 15 is 0 Å². The number of aromatic hydroxyl groups is 2. The number of hydrogen-bond acceptors (Lipinski definition) is 12. The van der Waals surface area contributed by atoms with E-state index in [2.05, 4.69) is 21.1 Å². The van der Waals surface area contributed by atoms with Crippen LogP contribution in [0.5, 0.6) is 11.5 Å². The summed E-state index contributed by atoms with van der Waals surface area (Å²) in [7, 11) is 0. The molecule has 212 valence electrons. The van der Waals surface area contributed by atoms with E-state index in [1.807, 2.05) is 60.7 Å². The van der Waals surface area contributed by atoms with Gasteiger partial charge < -0.3 is 30.0 Å². The van der Waals surface area contributed by atoms with Crippen LogP contribution in [0.1, 0.15) is 22.3 Å². The van der Waals surface area contributed by atoms with Crippen LogP contribution in [0.2, 0.25) is 0 Å². The molecule has 2 aliphatic heterocycles. The summed E-state index contributed by atoms with van der Waals surface area (Å²) in [5, 5.41) is 52.5. The number of thioether (sulfide) groups is 2. The molecular weight excluding hydrogens is 642 g/mol. The van der Waals surface area contributed by atoms with Gasteiger partial charge in [-0.05, 0) is 12.1 Å². The third kappa shape index (κ3) is 6.24. The monoisotopic (exact) mass is 662 g/mol. The van der Waals surface area contributed by atoms with E-state index in [-0.39, 0.29) is 42.1 Å². The van der Waals surface area contributed by atoms with Crippen molar-refractivity contribution in [3.8, 4) is 11.5 Å². The maximum Gasteiger partial charge on any atom is 2.00 e. The number of phenolic OH excluding ortho intramolecular Hbond substituents is 2. The number of para-hydroxylation sites is 2. The van der Waals surface area contributed by atoms with Gasteiger partial charge in [-0.25, -0.2) is 0 Å². The third-order valence-electron chi connectivity index (χ3n) is 6.31. The predicted molar refractivity (Wildman–Crippen MR) is 157 cm³/mol. The van der Waals surface area contributed by atoms with Crippen molar-refractivity contribution in [3.63, 3.8) is 0 Å². The Labute approximate surface area is 267 Å². The molecule has 0 fully saturated rings. The fraction of sp³-hybridized carbons (Fsp3) is 0.0667. The smallest absolute Gasteiger partial charge is 0.546 e. The number of aliphatic carboxylic acids is 2. The molecule has 4 N–H and O–H groups in total. The first kappa shape index (κ1) is 31.6. The first-order chi connectivity index (χ1) is 20.3. The molecule has 2 atom stereocenters. The van der Waals surface area contributed by atoms with Crippen molar-refractivity contribution in [1.82, 2.24) is 10.9 Å². The Kier molecular flexibility index (Phi) is 9.80. The molecule has 6 rings (SSSR count). The van der Waals surface area contributed by atoms with Gasteiger partial charge in [-0.3, -0.25) is 10.9 Å². The molecule has 0 amide bonds. The van der Waals surface area contributed by atoms with E-state index in [0.717, 1.165) is 34.7 Å². The molecule has 0 aliphatic carbocycles. The average molecular weight is 664 g/mol. The Morgan fingerprint density at radius 2 is 0.907 bits per heavy atom. The number of carbonyl (C=O) groups excluding carboxylic acids is 2. The zero-order chi connectivity index (χ0) is 29.7. The molecule has 2 aliphatic rings. The van der Waals surface area contributed by atoms with Crippen LogP contribution >= 0.6 is 23.5 Å². The normalized spacial score (nSPS) is 20.2. The van der Waals surface area contributed by atoms with Crippen molar-refractivity contribution in [3.05, 3.63) is 131 Å². The van der Waals surface area contributed by atoms with Crippen LogP contribution < -0.4 is 21.1 Å². The van der Waals surface area contributed by atoms with E-state index in [1.165, 1.54) is 24.3 Å². The van der Waals surface area contributed by atoms with E-state index in [1.54, 1.807) is 24.3 Å². The van der Waals surface area contributed by atoms with Crippen molar-refractivity contribution in [2.45, 2.75) is 9.74 Å². The van der Waals surface area contributed by atoms with Crippen molar-refractivity contribution < 1.29 is 49.5 Å². The summed E-state index contributed by atoms with van der Waals surface area (Å²) in [6, 6.07) is 31.0. The summed E-state index contributed by atoms with van der Waals surface area (Å²) in [6.07, 6.45) is 0. The van der Waals surface area contributed by atoms with Gasteiger partial charge in [0.1, 0.15) is 21.6 Å². The molecule has 0 saturated carbocycles. The fourth-order valence-corrected chi connectivity index (χ4v) is 6.40. The molecule has 2 heterocycles. The number of phenols is 2. The van der Waals surface area contributed by atoms with Gasteiger partial charge in [0.15, 0.2) is 9.74 Å². The number of carboxylic acids is 2. The van der Waals surface area contributed by atoms with Gasteiger partial charge in [0.2, 0.25) is 0 Å². The van der Waals surface area contributed by atoms with Crippen LogP contribution in [0.15, 0.2) is 119 Å². The summed E-state index contributed by atoms with van der Waals surface area (Å²) >= 11 is 2.01. The van der Waals surface area contributed by atoms with Crippen LogP contribution in [-0.4, -0.2) is 32.2 Å². The largest absolute Gasteiger partial charge is 2.00 e. The second-order valence-corrected chi connectivity index (χ2v) is 11.4. The van der Waals surface area contributed by atoms with Crippen LogP contribution in [-0.2, 0) is 38.8 Å². The zero-order valence-electron chi connectivity index (χ0n) is 22.3. The minimum atomic E-state index is -1.63. The SMILES string of the molecule is O=C([O-])C1(c2ccccc2O)NN=C(c2ccccc2)S1.O=C([O-])C1(c2ccccc2O)NN=C(c2ccccc2)S1.[Zn+2]. The molecule has 13 heteroatoms. The van der Waals surface area contributed by atoms with Gasteiger partial charge in [0.25, 0.3) is 0 Å². The predicted octanol–water partition coefficient (Wildman–Crippen LogP) is 1.98. The molecule has 2 unspecified atom stereocenters. The minimum Gasteiger partial charge on any atom is -0.546 e.